The summed E-state index contributed by atoms with van der Waals surface area (Å²) in [6.45, 7) is 5.44. The Morgan fingerprint density at radius 2 is 1.85 bits per heavy atom. The molecular weight excluding hydrogens is 352 g/mol. The van der Waals surface area contributed by atoms with Crippen molar-refractivity contribution in [3.63, 3.8) is 0 Å². The second kappa shape index (κ2) is 7.69. The second-order valence-corrected chi connectivity index (χ2v) is 6.34. The van der Waals surface area contributed by atoms with E-state index >= 15 is 0 Å². The monoisotopic (exact) mass is 373 g/mol. The molecule has 2 heterocycles. The third kappa shape index (κ3) is 4.05. The smallest absolute Gasteiger partial charge is 0.280 e. The maximum Gasteiger partial charge on any atom is 0.280 e. The number of aromatic nitrogens is 4. The van der Waals surface area contributed by atoms with E-state index in [1.807, 2.05) is 48.9 Å². The highest BCUT2D eigenvalue weighted by Gasteiger charge is 2.18. The fourth-order valence-electron chi connectivity index (χ4n) is 3.00. The Morgan fingerprint density at radius 1 is 1.15 bits per heavy atom. The van der Waals surface area contributed by atoms with E-state index in [0.717, 1.165) is 27.3 Å². The molecule has 0 aliphatic heterocycles. The van der Waals surface area contributed by atoms with Crippen LogP contribution in [0.3, 0.4) is 0 Å². The molecule has 3 rings (SSSR count). The molecule has 27 heavy (non-hydrogen) atoms. The van der Waals surface area contributed by atoms with Crippen molar-refractivity contribution in [1.29, 1.82) is 0 Å². The number of aryl methyl sites for hydroxylation is 2. The molecule has 8 heteroatoms. The summed E-state index contributed by atoms with van der Waals surface area (Å²) in [7, 11) is 0. The van der Waals surface area contributed by atoms with Crippen molar-refractivity contribution in [2.75, 3.05) is 0 Å². The van der Waals surface area contributed by atoms with Gasteiger partial charge in [0.1, 0.15) is 12.2 Å². The van der Waals surface area contributed by atoms with Crippen molar-refractivity contribution in [2.45, 2.75) is 40.3 Å². The van der Waals surface area contributed by atoms with Gasteiger partial charge in [-0.15, -0.1) is 0 Å². The van der Waals surface area contributed by atoms with Crippen molar-refractivity contribution in [1.82, 2.24) is 24.9 Å². The molecule has 1 amide bonds. The fourth-order valence-corrected chi connectivity index (χ4v) is 3.00. The quantitative estimate of drug-likeness (QED) is 0.721. The lowest BCUT2D eigenvalue weighted by atomic mass is 10.2. The zero-order chi connectivity index (χ0) is 19.6. The van der Waals surface area contributed by atoms with Crippen LogP contribution in [0.25, 0.3) is 5.69 Å². The molecule has 0 atom stereocenters. The van der Waals surface area contributed by atoms with Crippen LogP contribution in [-0.4, -0.2) is 25.5 Å². The molecule has 0 radical (unpaired) electrons. The van der Waals surface area contributed by atoms with Crippen LogP contribution in [0.1, 0.15) is 34.8 Å². The Balaban J connectivity index is 1.70. The first-order valence-corrected chi connectivity index (χ1v) is 8.56. The molecule has 0 unspecified atom stereocenters. The number of nitrogens with one attached hydrogen (secondary N) is 1. The summed E-state index contributed by atoms with van der Waals surface area (Å²) in [4.78, 5) is 12.2. The van der Waals surface area contributed by atoms with E-state index in [2.05, 4.69) is 15.5 Å². The van der Waals surface area contributed by atoms with Crippen LogP contribution in [0.4, 0.5) is 8.78 Å². The Hall–Kier alpha value is -3.03. The lowest BCUT2D eigenvalue weighted by molar-refractivity contribution is -0.122. The third-order valence-corrected chi connectivity index (χ3v) is 4.35. The van der Waals surface area contributed by atoms with Crippen molar-refractivity contribution in [2.24, 2.45) is 0 Å². The molecule has 2 aromatic heterocycles. The van der Waals surface area contributed by atoms with Crippen molar-refractivity contribution in [3.8, 4) is 5.69 Å². The van der Waals surface area contributed by atoms with Gasteiger partial charge in [0, 0.05) is 17.8 Å². The molecule has 1 N–H and O–H groups in total. The van der Waals surface area contributed by atoms with Crippen LogP contribution in [0, 0.1) is 20.8 Å². The maximum atomic E-state index is 13.0. The molecule has 1 aromatic carbocycles. The topological polar surface area (TPSA) is 64.7 Å². The number of para-hydroxylation sites is 1. The van der Waals surface area contributed by atoms with Crippen LogP contribution in [0.5, 0.6) is 0 Å². The van der Waals surface area contributed by atoms with E-state index in [9.17, 15) is 13.6 Å². The largest absolute Gasteiger partial charge is 0.350 e. The van der Waals surface area contributed by atoms with Gasteiger partial charge in [-0.1, -0.05) is 18.2 Å². The first-order valence-electron chi connectivity index (χ1n) is 8.56. The predicted octanol–water partition coefficient (Wildman–Crippen LogP) is 3.25. The Labute approximate surface area is 155 Å². The zero-order valence-corrected chi connectivity index (χ0v) is 15.4. The molecule has 0 spiro atoms. The number of hydrogen-bond donors (Lipinski definition) is 1. The zero-order valence-electron chi connectivity index (χ0n) is 15.4. The lowest BCUT2D eigenvalue weighted by Crippen LogP contribution is -2.28. The molecule has 6 nitrogen and oxygen atoms in total. The molecule has 0 aliphatic rings. The van der Waals surface area contributed by atoms with Gasteiger partial charge >= 0.3 is 0 Å². The van der Waals surface area contributed by atoms with Gasteiger partial charge in [-0.25, -0.2) is 13.5 Å². The maximum absolute atomic E-state index is 13.0. The van der Waals surface area contributed by atoms with Gasteiger partial charge in [-0.05, 0) is 39.0 Å². The number of carbonyl (C=O) groups is 1. The third-order valence-electron chi connectivity index (χ3n) is 4.35. The minimum Gasteiger partial charge on any atom is -0.350 e. The summed E-state index contributed by atoms with van der Waals surface area (Å²) in [6, 6.07) is 11.0. The van der Waals surface area contributed by atoms with Crippen molar-refractivity contribution in [3.05, 3.63) is 64.7 Å². The van der Waals surface area contributed by atoms with Gasteiger partial charge < -0.3 is 5.32 Å². The first-order chi connectivity index (χ1) is 12.9. The molecule has 0 saturated heterocycles. The van der Waals surface area contributed by atoms with Crippen LogP contribution in [-0.2, 0) is 17.9 Å². The summed E-state index contributed by atoms with van der Waals surface area (Å²) in [5.41, 5.74) is 3.75. The second-order valence-electron chi connectivity index (χ2n) is 6.34. The number of hydrogen-bond acceptors (Lipinski definition) is 3. The van der Waals surface area contributed by atoms with Gasteiger partial charge in [-0.3, -0.25) is 9.48 Å². The molecule has 142 valence electrons. The summed E-state index contributed by atoms with van der Waals surface area (Å²) < 4.78 is 28.9. The molecule has 0 aliphatic carbocycles. The molecule has 0 fully saturated rings. The van der Waals surface area contributed by atoms with Gasteiger partial charge in [0.05, 0.1) is 17.1 Å². The SMILES string of the molecule is Cc1cc(C(F)F)n(CC(=O)NCc2c(C)nn(-c3ccccc3)c2C)n1. The van der Waals surface area contributed by atoms with Crippen molar-refractivity contribution >= 4 is 5.91 Å². The Morgan fingerprint density at radius 3 is 2.52 bits per heavy atom. The highest BCUT2D eigenvalue weighted by molar-refractivity contribution is 5.75. The lowest BCUT2D eigenvalue weighted by Gasteiger charge is -2.09. The van der Waals surface area contributed by atoms with Gasteiger partial charge in [-0.2, -0.15) is 10.2 Å². The summed E-state index contributed by atoms with van der Waals surface area (Å²) >= 11 is 0. The number of halogens is 2. The van der Waals surface area contributed by atoms with Gasteiger partial charge in [0.15, 0.2) is 0 Å². The average Bonchev–Trinajstić information content (AvgIpc) is 3.13. The van der Waals surface area contributed by atoms with E-state index in [1.54, 1.807) is 6.92 Å². The number of benzene rings is 1. The number of alkyl halides is 2. The number of nitrogens with zero attached hydrogens (tertiary/aromatic N) is 4. The van der Waals surface area contributed by atoms with E-state index < -0.39 is 6.43 Å². The van der Waals surface area contributed by atoms with Crippen LogP contribution >= 0.6 is 0 Å². The highest BCUT2D eigenvalue weighted by atomic mass is 19.3. The van der Waals surface area contributed by atoms with E-state index in [0.29, 0.717) is 5.69 Å². The van der Waals surface area contributed by atoms with Crippen LogP contribution in [0.15, 0.2) is 36.4 Å². The predicted molar refractivity (Wildman–Crippen MR) is 96.8 cm³/mol. The molecular formula is C19H21F2N5O. The summed E-state index contributed by atoms with van der Waals surface area (Å²) in [5.74, 6) is -0.383. The first kappa shape index (κ1) is 18.8. The van der Waals surface area contributed by atoms with Gasteiger partial charge in [0.2, 0.25) is 5.91 Å². The van der Waals surface area contributed by atoms with Crippen molar-refractivity contribution < 1.29 is 13.6 Å². The fraction of sp³-hybridized carbons (Fsp3) is 0.316. The number of rotatable bonds is 6. The Kier molecular flexibility index (Phi) is 5.34. The van der Waals surface area contributed by atoms with Gasteiger partial charge in [0.25, 0.3) is 6.43 Å². The minimum absolute atomic E-state index is 0.252. The van der Waals surface area contributed by atoms with E-state index in [4.69, 9.17) is 0 Å². The average molecular weight is 373 g/mol. The molecule has 0 saturated carbocycles. The molecule has 3 aromatic rings. The minimum atomic E-state index is -2.67. The normalized spacial score (nSPS) is 11.2. The van der Waals surface area contributed by atoms with E-state index in [1.165, 1.54) is 6.07 Å². The number of amides is 1. The van der Waals surface area contributed by atoms with Crippen LogP contribution in [0.2, 0.25) is 0 Å². The Bertz CT molecular complexity index is 947. The molecule has 0 bridgehead atoms. The number of carbonyl (C=O) groups excluding carboxylic acids is 1. The highest BCUT2D eigenvalue weighted by Crippen LogP contribution is 2.20. The summed E-state index contributed by atoms with van der Waals surface area (Å²) in [6.07, 6.45) is -2.67. The van der Waals surface area contributed by atoms with E-state index in [-0.39, 0.29) is 24.7 Å². The van der Waals surface area contributed by atoms with Crippen LogP contribution < -0.4 is 5.32 Å². The summed E-state index contributed by atoms with van der Waals surface area (Å²) in [5, 5.41) is 11.3. The standard InChI is InChI=1S/C19H21F2N5O/c1-12-9-17(19(20)21)25(23-12)11-18(27)22-10-16-13(2)24-26(14(16)3)15-7-5-4-6-8-15/h4-9,19H,10-11H2,1-3H3,(H,22,27).